The lowest BCUT2D eigenvalue weighted by Crippen LogP contribution is -2.36. The van der Waals surface area contributed by atoms with E-state index >= 15 is 0 Å². The maximum atomic E-state index is 12.4. The molecular weight excluding hydrogens is 262 g/mol. The first-order valence-electron chi connectivity index (χ1n) is 6.67. The molecule has 0 unspecified atom stereocenters. The first kappa shape index (κ1) is 14.5. The number of hydrogen-bond acceptors (Lipinski definition) is 3. The Kier molecular flexibility index (Phi) is 4.60. The monoisotopic (exact) mass is 283 g/mol. The van der Waals surface area contributed by atoms with E-state index in [1.165, 1.54) is 4.31 Å². The first-order chi connectivity index (χ1) is 9.03. The number of nitrogens with zero attached hydrogens (tertiary/aromatic N) is 1. The topological polar surface area (TPSA) is 57.6 Å². The zero-order valence-electron chi connectivity index (χ0n) is 11.2. The molecule has 1 N–H and O–H groups in total. The van der Waals surface area contributed by atoms with Gasteiger partial charge in [-0.1, -0.05) is 37.1 Å². The number of aliphatic hydroxyl groups is 1. The summed E-state index contributed by atoms with van der Waals surface area (Å²) in [6, 6.07) is 7.27. The van der Waals surface area contributed by atoms with Gasteiger partial charge < -0.3 is 5.11 Å². The third-order valence-electron chi connectivity index (χ3n) is 3.80. The summed E-state index contributed by atoms with van der Waals surface area (Å²) >= 11 is 0. The van der Waals surface area contributed by atoms with Gasteiger partial charge in [0.2, 0.25) is 10.0 Å². The van der Waals surface area contributed by atoms with Crippen molar-refractivity contribution in [3.8, 4) is 0 Å². The van der Waals surface area contributed by atoms with Crippen LogP contribution in [-0.4, -0.2) is 30.9 Å². The van der Waals surface area contributed by atoms with Gasteiger partial charge in [-0.25, -0.2) is 12.7 Å². The Morgan fingerprint density at radius 3 is 2.53 bits per heavy atom. The van der Waals surface area contributed by atoms with Crippen LogP contribution in [0.1, 0.15) is 36.8 Å². The van der Waals surface area contributed by atoms with Crippen molar-refractivity contribution in [2.75, 3.05) is 7.05 Å². The van der Waals surface area contributed by atoms with Gasteiger partial charge in [0.15, 0.2) is 0 Å². The summed E-state index contributed by atoms with van der Waals surface area (Å²) < 4.78 is 26.2. The molecule has 0 aliphatic heterocycles. The summed E-state index contributed by atoms with van der Waals surface area (Å²) in [7, 11) is -1.59. The summed E-state index contributed by atoms with van der Waals surface area (Å²) in [5, 5.41) is 9.08. The fourth-order valence-corrected chi connectivity index (χ4v) is 4.09. The lowest BCUT2D eigenvalue weighted by atomic mass is 10.1. The predicted molar refractivity (Wildman–Crippen MR) is 75.0 cm³/mol. The molecule has 5 heteroatoms. The van der Waals surface area contributed by atoms with Crippen LogP contribution < -0.4 is 0 Å². The summed E-state index contributed by atoms with van der Waals surface area (Å²) in [6.45, 7) is -0.0631. The Balaban J connectivity index is 2.11. The van der Waals surface area contributed by atoms with Crippen LogP contribution >= 0.6 is 0 Å². The third kappa shape index (κ3) is 3.55. The van der Waals surface area contributed by atoms with Gasteiger partial charge in [0.1, 0.15) is 0 Å². The van der Waals surface area contributed by atoms with Gasteiger partial charge in [-0.3, -0.25) is 0 Å². The van der Waals surface area contributed by atoms with E-state index in [0.717, 1.165) is 36.8 Å². The highest BCUT2D eigenvalue weighted by Crippen LogP contribution is 2.25. The van der Waals surface area contributed by atoms with Crippen molar-refractivity contribution in [3.05, 3.63) is 35.4 Å². The number of sulfonamides is 1. The van der Waals surface area contributed by atoms with Crippen molar-refractivity contribution in [1.82, 2.24) is 4.31 Å². The minimum absolute atomic E-state index is 0.00778. The van der Waals surface area contributed by atoms with Gasteiger partial charge in [-0.15, -0.1) is 0 Å². The maximum absolute atomic E-state index is 12.4. The Morgan fingerprint density at radius 1 is 1.26 bits per heavy atom. The molecule has 4 nitrogen and oxygen atoms in total. The SMILES string of the molecule is CN(C1CCCC1)S(=O)(=O)Cc1cccc(CO)c1. The molecule has 0 bridgehead atoms. The quantitative estimate of drug-likeness (QED) is 0.897. The van der Waals surface area contributed by atoms with E-state index in [1.807, 2.05) is 0 Å². The molecule has 19 heavy (non-hydrogen) atoms. The van der Waals surface area contributed by atoms with E-state index in [-0.39, 0.29) is 18.4 Å². The number of rotatable bonds is 5. The van der Waals surface area contributed by atoms with E-state index in [0.29, 0.717) is 0 Å². The standard InChI is InChI=1S/C14H21NO3S/c1-15(14-7-2-3-8-14)19(17,18)11-13-6-4-5-12(9-13)10-16/h4-6,9,14,16H,2-3,7-8,10-11H2,1H3. The highest BCUT2D eigenvalue weighted by atomic mass is 32.2. The van der Waals surface area contributed by atoms with Gasteiger partial charge in [0, 0.05) is 13.1 Å². The van der Waals surface area contributed by atoms with Gasteiger partial charge in [0.05, 0.1) is 12.4 Å². The Bertz CT molecular complexity index is 521. The van der Waals surface area contributed by atoms with Gasteiger partial charge in [-0.2, -0.15) is 0 Å². The Morgan fingerprint density at radius 2 is 1.89 bits per heavy atom. The van der Waals surface area contributed by atoms with Crippen LogP contribution in [0.4, 0.5) is 0 Å². The molecule has 1 aromatic carbocycles. The van der Waals surface area contributed by atoms with Crippen molar-refractivity contribution in [3.63, 3.8) is 0 Å². The highest BCUT2D eigenvalue weighted by Gasteiger charge is 2.28. The molecule has 1 fully saturated rings. The van der Waals surface area contributed by atoms with E-state index in [4.69, 9.17) is 5.11 Å². The van der Waals surface area contributed by atoms with Gasteiger partial charge >= 0.3 is 0 Å². The van der Waals surface area contributed by atoms with Crippen LogP contribution in [0.25, 0.3) is 0 Å². The second-order valence-corrected chi connectivity index (χ2v) is 7.22. The fraction of sp³-hybridized carbons (Fsp3) is 0.571. The van der Waals surface area contributed by atoms with Crippen LogP contribution in [0.15, 0.2) is 24.3 Å². The minimum atomic E-state index is -3.27. The van der Waals surface area contributed by atoms with Crippen LogP contribution in [0.2, 0.25) is 0 Å². The molecule has 1 saturated carbocycles. The summed E-state index contributed by atoms with van der Waals surface area (Å²) in [5.41, 5.74) is 1.48. The summed E-state index contributed by atoms with van der Waals surface area (Å²) in [5.74, 6) is 0.00778. The van der Waals surface area contributed by atoms with Crippen molar-refractivity contribution < 1.29 is 13.5 Å². The number of benzene rings is 1. The number of hydrogen-bond donors (Lipinski definition) is 1. The average Bonchev–Trinajstić information content (AvgIpc) is 2.91. The molecule has 106 valence electrons. The molecule has 0 saturated heterocycles. The molecular formula is C14H21NO3S. The Labute approximate surface area is 115 Å². The second-order valence-electron chi connectivity index (χ2n) is 5.19. The minimum Gasteiger partial charge on any atom is -0.392 e. The van der Waals surface area contributed by atoms with Crippen molar-refractivity contribution >= 4 is 10.0 Å². The van der Waals surface area contributed by atoms with Crippen molar-refractivity contribution in [2.45, 2.75) is 44.1 Å². The predicted octanol–water partition coefficient (Wildman–Crippen LogP) is 1.88. The van der Waals surface area contributed by atoms with Crippen LogP contribution in [0.3, 0.4) is 0 Å². The Hall–Kier alpha value is -0.910. The first-order valence-corrected chi connectivity index (χ1v) is 8.28. The molecule has 2 rings (SSSR count). The molecule has 0 spiro atoms. The second kappa shape index (κ2) is 6.03. The molecule has 0 atom stereocenters. The van der Waals surface area contributed by atoms with Crippen molar-refractivity contribution in [1.29, 1.82) is 0 Å². The van der Waals surface area contributed by atoms with Crippen LogP contribution in [0.5, 0.6) is 0 Å². The molecule has 0 heterocycles. The fourth-order valence-electron chi connectivity index (χ4n) is 2.63. The molecule has 0 amide bonds. The molecule has 1 aliphatic rings. The number of aliphatic hydroxyl groups excluding tert-OH is 1. The van der Waals surface area contributed by atoms with Crippen LogP contribution in [0, 0.1) is 0 Å². The van der Waals surface area contributed by atoms with Gasteiger partial charge in [-0.05, 0) is 24.0 Å². The van der Waals surface area contributed by atoms with E-state index in [9.17, 15) is 8.42 Å². The van der Waals surface area contributed by atoms with Crippen molar-refractivity contribution in [2.24, 2.45) is 0 Å². The third-order valence-corrected chi connectivity index (χ3v) is 5.67. The largest absolute Gasteiger partial charge is 0.392 e. The average molecular weight is 283 g/mol. The molecule has 1 aromatic rings. The van der Waals surface area contributed by atoms with E-state index in [2.05, 4.69) is 0 Å². The lowest BCUT2D eigenvalue weighted by molar-refractivity contribution is 0.281. The molecule has 0 radical (unpaired) electrons. The summed E-state index contributed by atoms with van der Waals surface area (Å²) in [4.78, 5) is 0. The summed E-state index contributed by atoms with van der Waals surface area (Å²) in [6.07, 6.45) is 4.16. The molecule has 0 aromatic heterocycles. The van der Waals surface area contributed by atoms with E-state index in [1.54, 1.807) is 31.3 Å². The molecule has 1 aliphatic carbocycles. The van der Waals surface area contributed by atoms with E-state index < -0.39 is 10.0 Å². The highest BCUT2D eigenvalue weighted by molar-refractivity contribution is 7.88. The lowest BCUT2D eigenvalue weighted by Gasteiger charge is -2.23. The van der Waals surface area contributed by atoms with Crippen LogP contribution in [-0.2, 0) is 22.4 Å². The zero-order valence-corrected chi connectivity index (χ0v) is 12.1. The van der Waals surface area contributed by atoms with Gasteiger partial charge in [0.25, 0.3) is 0 Å². The smallest absolute Gasteiger partial charge is 0.218 e. The zero-order chi connectivity index (χ0) is 13.9. The normalized spacial score (nSPS) is 17.2. The maximum Gasteiger partial charge on any atom is 0.218 e.